The molecule has 0 aliphatic heterocycles. The fourth-order valence-corrected chi connectivity index (χ4v) is 3.37. The van der Waals surface area contributed by atoms with Gasteiger partial charge in [-0.1, -0.05) is 18.2 Å². The lowest BCUT2D eigenvalue weighted by atomic mass is 10.3. The standard InChI is InChI=1S/C20H21N5O2/c1-2-24-16-7-3-4-8-17(16)25(20(24)27)14-19(26)21-11-10-15-13-23-12-6-5-9-18(23)22-15/h3-9,12-13H,2,10-11,14H2,1H3,(H,21,26). The number of nitrogens with one attached hydrogen (secondary N) is 1. The first-order valence-corrected chi connectivity index (χ1v) is 9.04. The third-order valence-electron chi connectivity index (χ3n) is 4.66. The number of pyridine rings is 1. The second kappa shape index (κ2) is 7.11. The number of hydrogen-bond donors (Lipinski definition) is 1. The zero-order valence-corrected chi connectivity index (χ0v) is 15.1. The van der Waals surface area contributed by atoms with E-state index >= 15 is 0 Å². The maximum Gasteiger partial charge on any atom is 0.329 e. The minimum absolute atomic E-state index is 0.0114. The van der Waals surface area contributed by atoms with Crippen molar-refractivity contribution in [1.82, 2.24) is 23.8 Å². The summed E-state index contributed by atoms with van der Waals surface area (Å²) in [4.78, 5) is 29.5. The van der Waals surface area contributed by atoms with Gasteiger partial charge in [0.1, 0.15) is 12.2 Å². The van der Waals surface area contributed by atoms with Crippen molar-refractivity contribution in [1.29, 1.82) is 0 Å². The lowest BCUT2D eigenvalue weighted by Gasteiger charge is -2.05. The molecule has 0 saturated carbocycles. The largest absolute Gasteiger partial charge is 0.354 e. The molecule has 1 aromatic carbocycles. The number of nitrogens with zero attached hydrogens (tertiary/aromatic N) is 4. The first kappa shape index (κ1) is 17.1. The average Bonchev–Trinajstić information content (AvgIpc) is 3.20. The molecule has 7 nitrogen and oxygen atoms in total. The molecule has 0 saturated heterocycles. The van der Waals surface area contributed by atoms with E-state index in [0.717, 1.165) is 22.4 Å². The van der Waals surface area contributed by atoms with Gasteiger partial charge < -0.3 is 9.72 Å². The molecule has 138 valence electrons. The molecule has 3 aromatic heterocycles. The van der Waals surface area contributed by atoms with Crippen LogP contribution in [0.2, 0.25) is 0 Å². The number of imidazole rings is 2. The quantitative estimate of drug-likeness (QED) is 0.568. The molecular formula is C20H21N5O2. The summed E-state index contributed by atoms with van der Waals surface area (Å²) in [5, 5.41) is 2.89. The minimum Gasteiger partial charge on any atom is -0.354 e. The highest BCUT2D eigenvalue weighted by Crippen LogP contribution is 2.12. The van der Waals surface area contributed by atoms with Crippen molar-refractivity contribution in [2.45, 2.75) is 26.4 Å². The van der Waals surface area contributed by atoms with Crippen molar-refractivity contribution in [3.63, 3.8) is 0 Å². The monoisotopic (exact) mass is 363 g/mol. The number of para-hydroxylation sites is 2. The lowest BCUT2D eigenvalue weighted by molar-refractivity contribution is -0.121. The van der Waals surface area contributed by atoms with Gasteiger partial charge >= 0.3 is 5.69 Å². The number of rotatable bonds is 6. The summed E-state index contributed by atoms with van der Waals surface area (Å²) in [6.07, 6.45) is 4.54. The second-order valence-corrected chi connectivity index (χ2v) is 6.40. The van der Waals surface area contributed by atoms with Crippen LogP contribution in [0, 0.1) is 0 Å². The van der Waals surface area contributed by atoms with Crippen LogP contribution in [0.3, 0.4) is 0 Å². The van der Waals surface area contributed by atoms with Gasteiger partial charge in [-0.2, -0.15) is 0 Å². The molecule has 7 heteroatoms. The van der Waals surface area contributed by atoms with Crippen molar-refractivity contribution < 1.29 is 4.79 Å². The molecular weight excluding hydrogens is 342 g/mol. The Morgan fingerprint density at radius 3 is 2.56 bits per heavy atom. The summed E-state index contributed by atoms with van der Waals surface area (Å²) in [7, 11) is 0. The summed E-state index contributed by atoms with van der Waals surface area (Å²) < 4.78 is 5.16. The zero-order valence-electron chi connectivity index (χ0n) is 15.1. The van der Waals surface area contributed by atoms with Crippen LogP contribution in [0.15, 0.2) is 59.7 Å². The Kier molecular flexibility index (Phi) is 4.50. The number of aryl methyl sites for hydroxylation is 1. The topological polar surface area (TPSA) is 73.3 Å². The van der Waals surface area contributed by atoms with Gasteiger partial charge in [0.05, 0.1) is 16.7 Å². The van der Waals surface area contributed by atoms with Crippen molar-refractivity contribution in [2.24, 2.45) is 0 Å². The van der Waals surface area contributed by atoms with E-state index in [0.29, 0.717) is 19.5 Å². The predicted molar refractivity (Wildman–Crippen MR) is 104 cm³/mol. The van der Waals surface area contributed by atoms with Gasteiger partial charge in [-0.3, -0.25) is 13.9 Å². The molecule has 4 aromatic rings. The first-order valence-electron chi connectivity index (χ1n) is 9.04. The highest BCUT2D eigenvalue weighted by Gasteiger charge is 2.14. The van der Waals surface area contributed by atoms with Gasteiger partial charge in [-0.15, -0.1) is 0 Å². The van der Waals surface area contributed by atoms with E-state index in [-0.39, 0.29) is 18.1 Å². The highest BCUT2D eigenvalue weighted by atomic mass is 16.2. The molecule has 1 amide bonds. The Balaban J connectivity index is 1.43. The van der Waals surface area contributed by atoms with E-state index in [1.807, 2.05) is 66.2 Å². The molecule has 4 rings (SSSR count). The molecule has 0 fully saturated rings. The molecule has 0 unspecified atom stereocenters. The van der Waals surface area contributed by atoms with Crippen LogP contribution in [0.25, 0.3) is 16.7 Å². The SMILES string of the molecule is CCn1c(=O)n(CC(=O)NCCc2cn3ccccc3n2)c2ccccc21. The normalized spacial score (nSPS) is 11.3. The number of fused-ring (bicyclic) bond motifs is 2. The van der Waals surface area contributed by atoms with Gasteiger partial charge in [0, 0.05) is 31.9 Å². The van der Waals surface area contributed by atoms with E-state index in [4.69, 9.17) is 0 Å². The minimum atomic E-state index is -0.181. The predicted octanol–water partition coefficient (Wildman–Crippen LogP) is 1.83. The molecule has 0 radical (unpaired) electrons. The van der Waals surface area contributed by atoms with Crippen LogP contribution >= 0.6 is 0 Å². The Bertz CT molecular complexity index is 1140. The Morgan fingerprint density at radius 2 is 1.81 bits per heavy atom. The third kappa shape index (κ3) is 3.23. The van der Waals surface area contributed by atoms with E-state index in [2.05, 4.69) is 10.3 Å². The summed E-state index contributed by atoms with van der Waals surface area (Å²) in [6.45, 7) is 2.98. The van der Waals surface area contributed by atoms with E-state index in [1.165, 1.54) is 4.57 Å². The Morgan fingerprint density at radius 1 is 1.07 bits per heavy atom. The molecule has 3 heterocycles. The fourth-order valence-electron chi connectivity index (χ4n) is 3.37. The van der Waals surface area contributed by atoms with Crippen molar-refractivity contribution in [3.05, 3.63) is 71.0 Å². The molecule has 0 bridgehead atoms. The van der Waals surface area contributed by atoms with Crippen molar-refractivity contribution in [3.8, 4) is 0 Å². The van der Waals surface area contributed by atoms with Crippen molar-refractivity contribution >= 4 is 22.6 Å². The zero-order chi connectivity index (χ0) is 18.8. The lowest BCUT2D eigenvalue weighted by Crippen LogP contribution is -2.34. The number of carbonyl (C=O) groups excluding carboxylic acids is 1. The van der Waals surface area contributed by atoms with Gasteiger partial charge in [-0.05, 0) is 31.2 Å². The second-order valence-electron chi connectivity index (χ2n) is 6.40. The number of aromatic nitrogens is 4. The summed E-state index contributed by atoms with van der Waals surface area (Å²) in [5.74, 6) is -0.181. The maximum atomic E-state index is 12.6. The van der Waals surface area contributed by atoms with Crippen LogP contribution in [-0.2, 0) is 24.3 Å². The van der Waals surface area contributed by atoms with Gasteiger partial charge in [0.25, 0.3) is 0 Å². The Hall–Kier alpha value is -3.35. The van der Waals surface area contributed by atoms with Gasteiger partial charge in [0.15, 0.2) is 0 Å². The number of carbonyl (C=O) groups is 1. The smallest absolute Gasteiger partial charge is 0.329 e. The average molecular weight is 363 g/mol. The van der Waals surface area contributed by atoms with Crippen LogP contribution in [0.4, 0.5) is 0 Å². The summed E-state index contributed by atoms with van der Waals surface area (Å²) in [5.41, 5.74) is 3.27. The maximum absolute atomic E-state index is 12.6. The molecule has 0 atom stereocenters. The highest BCUT2D eigenvalue weighted by molar-refractivity contribution is 5.80. The van der Waals surface area contributed by atoms with Gasteiger partial charge in [-0.25, -0.2) is 9.78 Å². The number of hydrogen-bond acceptors (Lipinski definition) is 3. The van der Waals surface area contributed by atoms with Crippen molar-refractivity contribution in [2.75, 3.05) is 6.54 Å². The van der Waals surface area contributed by atoms with Gasteiger partial charge in [0.2, 0.25) is 5.91 Å². The third-order valence-corrected chi connectivity index (χ3v) is 4.66. The molecule has 0 aliphatic carbocycles. The molecule has 0 spiro atoms. The number of amides is 1. The molecule has 1 N–H and O–H groups in total. The van der Waals surface area contributed by atoms with E-state index in [1.54, 1.807) is 4.57 Å². The summed E-state index contributed by atoms with van der Waals surface area (Å²) >= 11 is 0. The number of benzene rings is 1. The van der Waals surface area contributed by atoms with Crippen LogP contribution in [-0.4, -0.2) is 31.0 Å². The first-order chi connectivity index (χ1) is 13.2. The van der Waals surface area contributed by atoms with E-state index in [9.17, 15) is 9.59 Å². The van der Waals surface area contributed by atoms with Crippen LogP contribution in [0.5, 0.6) is 0 Å². The fraction of sp³-hybridized carbons (Fsp3) is 0.250. The summed E-state index contributed by atoms with van der Waals surface area (Å²) in [6, 6.07) is 13.4. The van der Waals surface area contributed by atoms with E-state index < -0.39 is 0 Å². The molecule has 27 heavy (non-hydrogen) atoms. The van der Waals surface area contributed by atoms with Crippen LogP contribution < -0.4 is 11.0 Å². The Labute approximate surface area is 155 Å². The molecule has 0 aliphatic rings. The van der Waals surface area contributed by atoms with Crippen LogP contribution in [0.1, 0.15) is 12.6 Å².